The molecule has 2 aliphatic rings. The highest BCUT2D eigenvalue weighted by atomic mass is 16.5. The number of nitrogens with one attached hydrogen (secondary N) is 1. The van der Waals surface area contributed by atoms with Crippen molar-refractivity contribution < 1.29 is 9.53 Å². The molecule has 1 amide bonds. The lowest BCUT2D eigenvalue weighted by atomic mass is 9.75. The molecule has 0 aromatic heterocycles. The van der Waals surface area contributed by atoms with Crippen LogP contribution in [0.3, 0.4) is 0 Å². The van der Waals surface area contributed by atoms with Gasteiger partial charge in [-0.15, -0.1) is 0 Å². The van der Waals surface area contributed by atoms with E-state index in [1.165, 1.54) is 0 Å². The van der Waals surface area contributed by atoms with Crippen molar-refractivity contribution in [3.63, 3.8) is 0 Å². The standard InChI is InChI=1S/C15H28N2O2/c1-4-15(6-8-16-9-7-15)14(18)17-10-5-12(2)13(11-17)19-3/h12-13,16H,4-11H2,1-3H3. The molecule has 0 aliphatic carbocycles. The van der Waals surface area contributed by atoms with Crippen molar-refractivity contribution >= 4 is 5.91 Å². The van der Waals surface area contributed by atoms with Crippen molar-refractivity contribution in [2.45, 2.75) is 45.6 Å². The molecule has 2 heterocycles. The van der Waals surface area contributed by atoms with Crippen LogP contribution in [0.4, 0.5) is 0 Å². The third-order valence-corrected chi connectivity index (χ3v) is 5.17. The molecule has 0 radical (unpaired) electrons. The number of hydrogen-bond donors (Lipinski definition) is 1. The number of nitrogens with zero attached hydrogens (tertiary/aromatic N) is 1. The van der Waals surface area contributed by atoms with E-state index in [1.807, 2.05) is 0 Å². The van der Waals surface area contributed by atoms with Gasteiger partial charge in [0, 0.05) is 20.2 Å². The Balaban J connectivity index is 2.05. The average molecular weight is 268 g/mol. The lowest BCUT2D eigenvalue weighted by Crippen LogP contribution is -2.54. The Hall–Kier alpha value is -0.610. The topological polar surface area (TPSA) is 41.6 Å². The maximum Gasteiger partial charge on any atom is 0.228 e. The fourth-order valence-electron chi connectivity index (χ4n) is 3.48. The molecule has 0 aromatic carbocycles. The van der Waals surface area contributed by atoms with Crippen LogP contribution in [0.5, 0.6) is 0 Å². The van der Waals surface area contributed by atoms with E-state index in [-0.39, 0.29) is 11.5 Å². The summed E-state index contributed by atoms with van der Waals surface area (Å²) in [5, 5.41) is 3.36. The first-order valence-corrected chi connectivity index (χ1v) is 7.66. The zero-order chi connectivity index (χ0) is 13.9. The van der Waals surface area contributed by atoms with Crippen LogP contribution in [-0.2, 0) is 9.53 Å². The van der Waals surface area contributed by atoms with Gasteiger partial charge in [-0.25, -0.2) is 0 Å². The van der Waals surface area contributed by atoms with E-state index in [1.54, 1.807) is 7.11 Å². The van der Waals surface area contributed by atoms with E-state index in [0.717, 1.165) is 51.9 Å². The third kappa shape index (κ3) is 2.95. The van der Waals surface area contributed by atoms with E-state index in [4.69, 9.17) is 4.74 Å². The monoisotopic (exact) mass is 268 g/mol. The fourth-order valence-corrected chi connectivity index (χ4v) is 3.48. The quantitative estimate of drug-likeness (QED) is 0.846. The van der Waals surface area contributed by atoms with E-state index < -0.39 is 0 Å². The summed E-state index contributed by atoms with van der Waals surface area (Å²) in [4.78, 5) is 15.0. The predicted molar refractivity (Wildman–Crippen MR) is 76.0 cm³/mol. The highest BCUT2D eigenvalue weighted by molar-refractivity contribution is 5.83. The Morgan fingerprint density at radius 2 is 2.11 bits per heavy atom. The first-order valence-electron chi connectivity index (χ1n) is 7.66. The van der Waals surface area contributed by atoms with Gasteiger partial charge in [-0.1, -0.05) is 13.8 Å². The van der Waals surface area contributed by atoms with Crippen LogP contribution in [0.2, 0.25) is 0 Å². The molecule has 4 nitrogen and oxygen atoms in total. The number of amides is 1. The Kier molecular flexibility index (Phi) is 4.85. The van der Waals surface area contributed by atoms with Gasteiger partial charge in [0.1, 0.15) is 0 Å². The van der Waals surface area contributed by atoms with Crippen molar-refractivity contribution in [3.05, 3.63) is 0 Å². The summed E-state index contributed by atoms with van der Waals surface area (Å²) >= 11 is 0. The molecule has 4 heteroatoms. The molecule has 19 heavy (non-hydrogen) atoms. The van der Waals surface area contributed by atoms with Crippen molar-refractivity contribution in [1.82, 2.24) is 10.2 Å². The van der Waals surface area contributed by atoms with Crippen LogP contribution in [0, 0.1) is 11.3 Å². The fraction of sp³-hybridized carbons (Fsp3) is 0.933. The molecule has 2 rings (SSSR count). The lowest BCUT2D eigenvalue weighted by molar-refractivity contribution is -0.149. The molecule has 1 N–H and O–H groups in total. The lowest BCUT2D eigenvalue weighted by Gasteiger charge is -2.43. The molecule has 0 spiro atoms. The Bertz CT molecular complexity index is 313. The zero-order valence-corrected chi connectivity index (χ0v) is 12.6. The minimum atomic E-state index is -0.121. The maximum absolute atomic E-state index is 12.9. The number of ether oxygens (including phenoxy) is 1. The van der Waals surface area contributed by atoms with Crippen LogP contribution in [0.1, 0.15) is 39.5 Å². The Labute approximate surface area is 116 Å². The summed E-state index contributed by atoms with van der Waals surface area (Å²) in [6, 6.07) is 0. The van der Waals surface area contributed by atoms with Gasteiger partial charge in [-0.05, 0) is 44.7 Å². The molecule has 2 unspecified atom stereocenters. The number of piperidine rings is 2. The number of methoxy groups -OCH3 is 1. The molecular weight excluding hydrogens is 240 g/mol. The molecule has 2 saturated heterocycles. The molecule has 2 aliphatic heterocycles. The molecule has 0 bridgehead atoms. The maximum atomic E-state index is 12.9. The van der Waals surface area contributed by atoms with Crippen molar-refractivity contribution in [2.24, 2.45) is 11.3 Å². The first-order chi connectivity index (χ1) is 9.13. The number of carbonyl (C=O) groups excluding carboxylic acids is 1. The minimum absolute atomic E-state index is 0.121. The first kappa shape index (κ1) is 14.8. The van der Waals surface area contributed by atoms with E-state index in [9.17, 15) is 4.79 Å². The second-order valence-corrected chi connectivity index (χ2v) is 6.18. The van der Waals surface area contributed by atoms with Gasteiger partial charge in [-0.2, -0.15) is 0 Å². The van der Waals surface area contributed by atoms with Crippen LogP contribution >= 0.6 is 0 Å². The number of carbonyl (C=O) groups is 1. The second-order valence-electron chi connectivity index (χ2n) is 6.18. The van der Waals surface area contributed by atoms with Gasteiger partial charge in [0.15, 0.2) is 0 Å². The van der Waals surface area contributed by atoms with Gasteiger partial charge in [0.25, 0.3) is 0 Å². The predicted octanol–water partition coefficient (Wildman–Crippen LogP) is 1.65. The van der Waals surface area contributed by atoms with Crippen molar-refractivity contribution in [3.8, 4) is 0 Å². The van der Waals surface area contributed by atoms with Crippen LogP contribution in [-0.4, -0.2) is 50.2 Å². The van der Waals surface area contributed by atoms with E-state index in [0.29, 0.717) is 11.8 Å². The molecule has 0 saturated carbocycles. The summed E-state index contributed by atoms with van der Waals surface area (Å²) in [5.74, 6) is 0.921. The highest BCUT2D eigenvalue weighted by Crippen LogP contribution is 2.36. The largest absolute Gasteiger partial charge is 0.379 e. The Morgan fingerprint density at radius 1 is 1.42 bits per heavy atom. The van der Waals surface area contributed by atoms with Gasteiger partial charge >= 0.3 is 0 Å². The summed E-state index contributed by atoms with van der Waals surface area (Å²) in [5.41, 5.74) is -0.121. The van der Waals surface area contributed by atoms with E-state index in [2.05, 4.69) is 24.1 Å². The average Bonchev–Trinajstić information content (AvgIpc) is 2.47. The second kappa shape index (κ2) is 6.23. The normalized spacial score (nSPS) is 31.2. The zero-order valence-electron chi connectivity index (χ0n) is 12.6. The van der Waals surface area contributed by atoms with Gasteiger partial charge in [0.2, 0.25) is 5.91 Å². The van der Waals surface area contributed by atoms with Crippen LogP contribution < -0.4 is 5.32 Å². The highest BCUT2D eigenvalue weighted by Gasteiger charge is 2.42. The van der Waals surface area contributed by atoms with Crippen LogP contribution in [0.15, 0.2) is 0 Å². The summed E-state index contributed by atoms with van der Waals surface area (Å²) in [6.07, 6.45) is 4.17. The Morgan fingerprint density at radius 3 is 2.68 bits per heavy atom. The smallest absolute Gasteiger partial charge is 0.228 e. The van der Waals surface area contributed by atoms with Crippen LogP contribution in [0.25, 0.3) is 0 Å². The van der Waals surface area contributed by atoms with Gasteiger partial charge in [0.05, 0.1) is 11.5 Å². The molecule has 2 atom stereocenters. The summed E-state index contributed by atoms with van der Waals surface area (Å²) in [7, 11) is 1.76. The molecule has 110 valence electrons. The molecule has 2 fully saturated rings. The minimum Gasteiger partial charge on any atom is -0.379 e. The third-order valence-electron chi connectivity index (χ3n) is 5.17. The summed E-state index contributed by atoms with van der Waals surface area (Å²) < 4.78 is 5.53. The van der Waals surface area contributed by atoms with Gasteiger partial charge < -0.3 is 15.0 Å². The van der Waals surface area contributed by atoms with E-state index >= 15 is 0 Å². The summed E-state index contributed by atoms with van der Waals surface area (Å²) in [6.45, 7) is 7.98. The molecule has 0 aromatic rings. The number of likely N-dealkylation sites (tertiary alicyclic amines) is 1. The van der Waals surface area contributed by atoms with Crippen molar-refractivity contribution in [2.75, 3.05) is 33.3 Å². The SMILES string of the molecule is CCC1(C(=O)N2CCC(C)C(OC)C2)CCNCC1. The molecular formula is C15H28N2O2. The van der Waals surface area contributed by atoms with Gasteiger partial charge in [-0.3, -0.25) is 4.79 Å². The van der Waals surface area contributed by atoms with Crippen molar-refractivity contribution in [1.29, 1.82) is 0 Å². The number of hydrogen-bond acceptors (Lipinski definition) is 3. The number of rotatable bonds is 3.